The van der Waals surface area contributed by atoms with E-state index in [9.17, 15) is 13.6 Å². The van der Waals surface area contributed by atoms with Crippen molar-refractivity contribution in [2.24, 2.45) is 0 Å². The minimum atomic E-state index is -0.712. The molecule has 0 atom stereocenters. The fourth-order valence-corrected chi connectivity index (χ4v) is 2.34. The molecule has 3 aromatic rings. The molecule has 0 saturated heterocycles. The summed E-state index contributed by atoms with van der Waals surface area (Å²) in [5.74, 6) is -1.44. The second-order valence-corrected chi connectivity index (χ2v) is 5.52. The SMILES string of the molecule is O=C(Nc1ccc(Nc2ccc(F)cc2F)cn1)c1ccccc1Cl. The molecule has 0 radical (unpaired) electrons. The van der Waals surface area contributed by atoms with E-state index in [-0.39, 0.29) is 11.6 Å². The fourth-order valence-electron chi connectivity index (χ4n) is 2.12. The molecule has 3 rings (SSSR count). The molecule has 1 heterocycles. The van der Waals surface area contributed by atoms with Gasteiger partial charge in [0.1, 0.15) is 17.5 Å². The van der Waals surface area contributed by atoms with E-state index >= 15 is 0 Å². The van der Waals surface area contributed by atoms with E-state index in [4.69, 9.17) is 11.6 Å². The van der Waals surface area contributed by atoms with Gasteiger partial charge in [0, 0.05) is 6.07 Å². The van der Waals surface area contributed by atoms with E-state index in [1.165, 1.54) is 12.3 Å². The van der Waals surface area contributed by atoms with E-state index in [2.05, 4.69) is 15.6 Å². The maximum atomic E-state index is 13.6. The maximum Gasteiger partial charge on any atom is 0.258 e. The summed E-state index contributed by atoms with van der Waals surface area (Å²) < 4.78 is 26.5. The Morgan fingerprint density at radius 2 is 1.84 bits per heavy atom. The Labute approximate surface area is 147 Å². The lowest BCUT2D eigenvalue weighted by molar-refractivity contribution is 0.102. The van der Waals surface area contributed by atoms with Crippen LogP contribution in [0.3, 0.4) is 0 Å². The van der Waals surface area contributed by atoms with Crippen molar-refractivity contribution in [3.8, 4) is 0 Å². The summed E-state index contributed by atoms with van der Waals surface area (Å²) in [5.41, 5.74) is 0.943. The topological polar surface area (TPSA) is 54.0 Å². The third-order valence-corrected chi connectivity index (χ3v) is 3.66. The molecular formula is C18H12ClF2N3O. The first kappa shape index (κ1) is 16.9. The summed E-state index contributed by atoms with van der Waals surface area (Å²) in [6.45, 7) is 0. The smallest absolute Gasteiger partial charge is 0.258 e. The number of amides is 1. The predicted molar refractivity (Wildman–Crippen MR) is 93.3 cm³/mol. The predicted octanol–water partition coefficient (Wildman–Crippen LogP) is 5.01. The van der Waals surface area contributed by atoms with Gasteiger partial charge >= 0.3 is 0 Å². The fraction of sp³-hybridized carbons (Fsp3) is 0. The molecule has 126 valence electrons. The van der Waals surface area contributed by atoms with Crippen LogP contribution in [0.1, 0.15) is 10.4 Å². The Bertz CT molecular complexity index is 916. The summed E-state index contributed by atoms with van der Waals surface area (Å²) in [5, 5.41) is 5.74. The van der Waals surface area contributed by atoms with Crippen molar-refractivity contribution >= 4 is 34.7 Å². The van der Waals surface area contributed by atoms with Crippen molar-refractivity contribution in [1.82, 2.24) is 4.98 Å². The van der Waals surface area contributed by atoms with Crippen LogP contribution in [0, 0.1) is 11.6 Å². The van der Waals surface area contributed by atoms with Crippen molar-refractivity contribution in [3.05, 3.63) is 83.0 Å². The lowest BCUT2D eigenvalue weighted by Gasteiger charge is -2.09. The molecule has 7 heteroatoms. The number of anilines is 3. The van der Waals surface area contributed by atoms with Crippen LogP contribution in [-0.4, -0.2) is 10.9 Å². The minimum absolute atomic E-state index is 0.121. The van der Waals surface area contributed by atoms with Gasteiger partial charge in [-0.3, -0.25) is 4.79 Å². The van der Waals surface area contributed by atoms with Crippen molar-refractivity contribution in [1.29, 1.82) is 0 Å². The Balaban J connectivity index is 1.70. The lowest BCUT2D eigenvalue weighted by atomic mass is 10.2. The van der Waals surface area contributed by atoms with Crippen molar-refractivity contribution in [2.75, 3.05) is 10.6 Å². The van der Waals surface area contributed by atoms with Gasteiger partial charge in [-0.25, -0.2) is 13.8 Å². The maximum absolute atomic E-state index is 13.6. The van der Waals surface area contributed by atoms with Crippen LogP contribution >= 0.6 is 11.6 Å². The van der Waals surface area contributed by atoms with Gasteiger partial charge in [-0.2, -0.15) is 0 Å². The highest BCUT2D eigenvalue weighted by Gasteiger charge is 2.10. The molecule has 4 nitrogen and oxygen atoms in total. The molecule has 25 heavy (non-hydrogen) atoms. The Hall–Kier alpha value is -2.99. The first-order chi connectivity index (χ1) is 12.0. The number of hydrogen-bond donors (Lipinski definition) is 2. The summed E-state index contributed by atoms with van der Waals surface area (Å²) in [6.07, 6.45) is 1.42. The van der Waals surface area contributed by atoms with Crippen LogP contribution in [0.2, 0.25) is 5.02 Å². The molecule has 2 N–H and O–H groups in total. The number of carbonyl (C=O) groups excluding carboxylic acids is 1. The monoisotopic (exact) mass is 359 g/mol. The zero-order valence-corrected chi connectivity index (χ0v) is 13.5. The number of benzene rings is 2. The van der Waals surface area contributed by atoms with Crippen LogP contribution in [0.25, 0.3) is 0 Å². The number of nitrogens with one attached hydrogen (secondary N) is 2. The normalized spacial score (nSPS) is 10.4. The standard InChI is InChI=1S/C18H12ClF2N3O/c19-14-4-2-1-3-13(14)18(25)24-17-8-6-12(10-22-17)23-16-7-5-11(20)9-15(16)21/h1-10,23H,(H,22,24,25). The van der Waals surface area contributed by atoms with Crippen LogP contribution in [0.5, 0.6) is 0 Å². The van der Waals surface area contributed by atoms with Crippen LogP contribution < -0.4 is 10.6 Å². The zero-order valence-electron chi connectivity index (χ0n) is 12.8. The third-order valence-electron chi connectivity index (χ3n) is 3.33. The molecule has 0 aliphatic rings. The number of rotatable bonds is 4. The summed E-state index contributed by atoms with van der Waals surface area (Å²) >= 11 is 5.97. The minimum Gasteiger partial charge on any atom is -0.352 e. The summed E-state index contributed by atoms with van der Waals surface area (Å²) in [4.78, 5) is 16.2. The first-order valence-corrected chi connectivity index (χ1v) is 7.65. The van der Waals surface area contributed by atoms with Crippen LogP contribution in [0.15, 0.2) is 60.8 Å². The van der Waals surface area contributed by atoms with Crippen LogP contribution in [0.4, 0.5) is 26.0 Å². The average molecular weight is 360 g/mol. The second-order valence-electron chi connectivity index (χ2n) is 5.12. The number of aromatic nitrogens is 1. The molecule has 2 aromatic carbocycles. The average Bonchev–Trinajstić information content (AvgIpc) is 2.59. The van der Waals surface area contributed by atoms with E-state index < -0.39 is 11.6 Å². The quantitative estimate of drug-likeness (QED) is 0.688. The van der Waals surface area contributed by atoms with E-state index in [0.29, 0.717) is 22.1 Å². The van der Waals surface area contributed by atoms with Gasteiger partial charge in [0.2, 0.25) is 0 Å². The molecule has 0 aliphatic heterocycles. The van der Waals surface area contributed by atoms with Gasteiger partial charge in [0.05, 0.1) is 28.2 Å². The molecular weight excluding hydrogens is 348 g/mol. The Morgan fingerprint density at radius 1 is 1.04 bits per heavy atom. The molecule has 1 amide bonds. The van der Waals surface area contributed by atoms with E-state index in [1.54, 1.807) is 36.4 Å². The molecule has 0 bridgehead atoms. The van der Waals surface area contributed by atoms with Crippen molar-refractivity contribution in [2.45, 2.75) is 0 Å². The molecule has 0 aliphatic carbocycles. The van der Waals surface area contributed by atoms with Gasteiger partial charge < -0.3 is 10.6 Å². The number of pyridine rings is 1. The molecule has 0 fully saturated rings. The lowest BCUT2D eigenvalue weighted by Crippen LogP contribution is -2.13. The highest BCUT2D eigenvalue weighted by atomic mass is 35.5. The molecule has 0 spiro atoms. The Morgan fingerprint density at radius 3 is 2.52 bits per heavy atom. The van der Waals surface area contributed by atoms with Gasteiger partial charge in [-0.05, 0) is 36.4 Å². The van der Waals surface area contributed by atoms with Gasteiger partial charge in [0.25, 0.3) is 5.91 Å². The second kappa shape index (κ2) is 7.27. The highest BCUT2D eigenvalue weighted by Crippen LogP contribution is 2.21. The number of nitrogens with zero attached hydrogens (tertiary/aromatic N) is 1. The number of halogens is 3. The van der Waals surface area contributed by atoms with Gasteiger partial charge in [-0.1, -0.05) is 23.7 Å². The molecule has 1 aromatic heterocycles. The number of hydrogen-bond acceptors (Lipinski definition) is 3. The highest BCUT2D eigenvalue weighted by molar-refractivity contribution is 6.34. The van der Waals surface area contributed by atoms with Gasteiger partial charge in [0.15, 0.2) is 0 Å². The largest absolute Gasteiger partial charge is 0.352 e. The molecule has 0 saturated carbocycles. The third kappa shape index (κ3) is 4.10. The summed E-state index contributed by atoms with van der Waals surface area (Å²) in [7, 11) is 0. The van der Waals surface area contributed by atoms with Crippen molar-refractivity contribution < 1.29 is 13.6 Å². The van der Waals surface area contributed by atoms with E-state index in [0.717, 1.165) is 12.1 Å². The van der Waals surface area contributed by atoms with E-state index in [1.807, 2.05) is 0 Å². The summed E-state index contributed by atoms with van der Waals surface area (Å²) in [6, 6.07) is 13.0. The number of carbonyl (C=O) groups is 1. The zero-order chi connectivity index (χ0) is 17.8. The van der Waals surface area contributed by atoms with Crippen molar-refractivity contribution in [3.63, 3.8) is 0 Å². The molecule has 0 unspecified atom stereocenters. The van der Waals surface area contributed by atoms with Gasteiger partial charge in [-0.15, -0.1) is 0 Å². The van der Waals surface area contributed by atoms with Crippen LogP contribution in [-0.2, 0) is 0 Å². The Kier molecular flexibility index (Phi) is 4.90. The first-order valence-electron chi connectivity index (χ1n) is 7.27.